The number of anilines is 1. The third kappa shape index (κ3) is 4.25. The molecule has 0 saturated heterocycles. The van der Waals surface area contributed by atoms with Crippen molar-refractivity contribution < 1.29 is 14.3 Å². The van der Waals surface area contributed by atoms with E-state index < -0.39 is 6.04 Å². The average molecular weight is 366 g/mol. The molecule has 1 aromatic heterocycles. The van der Waals surface area contributed by atoms with Crippen molar-refractivity contribution in [2.75, 3.05) is 12.4 Å². The van der Waals surface area contributed by atoms with Gasteiger partial charge < -0.3 is 15.4 Å². The fraction of sp³-hybridized carbons (Fsp3) is 0.250. The summed E-state index contributed by atoms with van der Waals surface area (Å²) in [6.07, 6.45) is 1.69. The van der Waals surface area contributed by atoms with Gasteiger partial charge in [-0.3, -0.25) is 14.7 Å². The number of fused-ring (bicyclic) bond motifs is 1. The van der Waals surface area contributed by atoms with Gasteiger partial charge in [0.2, 0.25) is 5.91 Å². The summed E-state index contributed by atoms with van der Waals surface area (Å²) < 4.78 is 5.10. The summed E-state index contributed by atoms with van der Waals surface area (Å²) >= 11 is 0. The SMILES string of the molecule is COc1ccc(C(=O)NC(C(=O)Nc2ccc3[nH]ncc3c2)C(C)C)cc1. The summed E-state index contributed by atoms with van der Waals surface area (Å²) in [5, 5.41) is 13.4. The topological polar surface area (TPSA) is 96.1 Å². The van der Waals surface area contributed by atoms with Gasteiger partial charge in [0.25, 0.3) is 5.91 Å². The first kappa shape index (κ1) is 18.4. The molecule has 7 nitrogen and oxygen atoms in total. The van der Waals surface area contributed by atoms with E-state index in [0.29, 0.717) is 17.0 Å². The van der Waals surface area contributed by atoms with Crippen LogP contribution in [0.4, 0.5) is 5.69 Å². The number of hydrogen-bond donors (Lipinski definition) is 3. The lowest BCUT2D eigenvalue weighted by Crippen LogP contribution is -2.47. The van der Waals surface area contributed by atoms with Crippen LogP contribution in [-0.4, -0.2) is 35.2 Å². The van der Waals surface area contributed by atoms with Gasteiger partial charge in [-0.05, 0) is 48.4 Å². The predicted octanol–water partition coefficient (Wildman–Crippen LogP) is 2.96. The molecule has 7 heteroatoms. The average Bonchev–Trinajstić information content (AvgIpc) is 3.13. The van der Waals surface area contributed by atoms with Crippen LogP contribution in [0.1, 0.15) is 24.2 Å². The lowest BCUT2D eigenvalue weighted by molar-refractivity contribution is -0.118. The monoisotopic (exact) mass is 366 g/mol. The number of hydrogen-bond acceptors (Lipinski definition) is 4. The van der Waals surface area contributed by atoms with Gasteiger partial charge in [0.05, 0.1) is 18.8 Å². The molecule has 2 aromatic carbocycles. The summed E-state index contributed by atoms with van der Waals surface area (Å²) in [6, 6.07) is 11.5. The minimum atomic E-state index is -0.667. The highest BCUT2D eigenvalue weighted by Crippen LogP contribution is 2.18. The second kappa shape index (κ2) is 7.90. The van der Waals surface area contributed by atoms with E-state index in [0.717, 1.165) is 10.9 Å². The Morgan fingerprint density at radius 2 is 1.85 bits per heavy atom. The highest BCUT2D eigenvalue weighted by Gasteiger charge is 2.25. The number of carbonyl (C=O) groups excluding carboxylic acids is 2. The van der Waals surface area contributed by atoms with Gasteiger partial charge in [0.15, 0.2) is 0 Å². The van der Waals surface area contributed by atoms with Crippen LogP contribution in [0.25, 0.3) is 10.9 Å². The van der Waals surface area contributed by atoms with Gasteiger partial charge in [-0.1, -0.05) is 13.8 Å². The molecule has 0 spiro atoms. The zero-order valence-corrected chi connectivity index (χ0v) is 15.4. The summed E-state index contributed by atoms with van der Waals surface area (Å²) in [6.45, 7) is 3.77. The number of H-pyrrole nitrogens is 1. The lowest BCUT2D eigenvalue weighted by atomic mass is 10.0. The number of methoxy groups -OCH3 is 1. The van der Waals surface area contributed by atoms with E-state index in [4.69, 9.17) is 4.74 Å². The van der Waals surface area contributed by atoms with Crippen molar-refractivity contribution in [3.63, 3.8) is 0 Å². The maximum Gasteiger partial charge on any atom is 0.251 e. The van der Waals surface area contributed by atoms with Gasteiger partial charge >= 0.3 is 0 Å². The third-order valence-corrected chi connectivity index (χ3v) is 4.30. The fourth-order valence-electron chi connectivity index (χ4n) is 2.74. The van der Waals surface area contributed by atoms with Crippen LogP contribution in [0.15, 0.2) is 48.7 Å². The Hall–Kier alpha value is -3.35. The number of rotatable bonds is 6. The summed E-state index contributed by atoms with van der Waals surface area (Å²) in [5.41, 5.74) is 2.01. The number of nitrogens with zero attached hydrogens (tertiary/aromatic N) is 1. The molecule has 3 N–H and O–H groups in total. The van der Waals surface area contributed by atoms with Gasteiger partial charge in [-0.2, -0.15) is 5.10 Å². The zero-order valence-electron chi connectivity index (χ0n) is 15.4. The Kier molecular flexibility index (Phi) is 5.40. The first-order valence-corrected chi connectivity index (χ1v) is 8.67. The van der Waals surface area contributed by atoms with Crippen molar-refractivity contribution in [2.45, 2.75) is 19.9 Å². The predicted molar refractivity (Wildman–Crippen MR) is 104 cm³/mol. The van der Waals surface area contributed by atoms with E-state index >= 15 is 0 Å². The van der Waals surface area contributed by atoms with Gasteiger partial charge in [0.1, 0.15) is 11.8 Å². The Balaban J connectivity index is 1.71. The van der Waals surface area contributed by atoms with Crippen LogP contribution in [0.2, 0.25) is 0 Å². The molecule has 1 unspecified atom stereocenters. The van der Waals surface area contributed by atoms with Crippen LogP contribution < -0.4 is 15.4 Å². The van der Waals surface area contributed by atoms with Crippen molar-refractivity contribution >= 4 is 28.4 Å². The zero-order chi connectivity index (χ0) is 19.4. The molecular formula is C20H22N4O3. The molecule has 0 saturated carbocycles. The van der Waals surface area contributed by atoms with Crippen LogP contribution in [0.5, 0.6) is 5.75 Å². The Morgan fingerprint density at radius 1 is 1.11 bits per heavy atom. The van der Waals surface area contributed by atoms with E-state index in [9.17, 15) is 9.59 Å². The second-order valence-electron chi connectivity index (χ2n) is 6.58. The Morgan fingerprint density at radius 3 is 2.52 bits per heavy atom. The number of aromatic nitrogens is 2. The molecule has 0 aliphatic carbocycles. The maximum absolute atomic E-state index is 12.7. The number of aromatic amines is 1. The van der Waals surface area contributed by atoms with Crippen LogP contribution in [0.3, 0.4) is 0 Å². The van der Waals surface area contributed by atoms with Crippen LogP contribution >= 0.6 is 0 Å². The van der Waals surface area contributed by atoms with Crippen molar-refractivity contribution in [3.05, 3.63) is 54.2 Å². The van der Waals surface area contributed by atoms with E-state index in [2.05, 4.69) is 20.8 Å². The Bertz CT molecular complexity index is 947. The van der Waals surface area contributed by atoms with Crippen molar-refractivity contribution in [3.8, 4) is 5.75 Å². The summed E-state index contributed by atoms with van der Waals surface area (Å²) in [5.74, 6) is 0.00990. The van der Waals surface area contributed by atoms with E-state index in [1.165, 1.54) is 0 Å². The summed E-state index contributed by atoms with van der Waals surface area (Å²) in [4.78, 5) is 25.2. The first-order chi connectivity index (χ1) is 13.0. The molecule has 140 valence electrons. The molecule has 2 amide bonds. The van der Waals surface area contributed by atoms with Gasteiger partial charge in [-0.25, -0.2) is 0 Å². The Labute approximate surface area is 157 Å². The first-order valence-electron chi connectivity index (χ1n) is 8.67. The van der Waals surface area contributed by atoms with E-state index in [-0.39, 0.29) is 17.7 Å². The lowest BCUT2D eigenvalue weighted by Gasteiger charge is -2.22. The standard InChI is InChI=1S/C20H22N4O3/c1-12(2)18(23-19(25)13-4-7-16(27-3)8-5-13)20(26)22-15-6-9-17-14(10-15)11-21-24-17/h4-12,18H,1-3H3,(H,21,24)(H,22,26)(H,23,25). The minimum absolute atomic E-state index is 0.0788. The van der Waals surface area contributed by atoms with Crippen molar-refractivity contribution in [1.82, 2.24) is 15.5 Å². The number of benzene rings is 2. The van der Waals surface area contributed by atoms with Crippen molar-refractivity contribution in [2.24, 2.45) is 5.92 Å². The highest BCUT2D eigenvalue weighted by atomic mass is 16.5. The van der Waals surface area contributed by atoms with Crippen molar-refractivity contribution in [1.29, 1.82) is 0 Å². The minimum Gasteiger partial charge on any atom is -0.497 e. The molecule has 1 heterocycles. The van der Waals surface area contributed by atoms with Crippen LogP contribution in [-0.2, 0) is 4.79 Å². The van der Waals surface area contributed by atoms with Gasteiger partial charge in [-0.15, -0.1) is 0 Å². The number of ether oxygens (including phenoxy) is 1. The fourth-order valence-corrected chi connectivity index (χ4v) is 2.74. The molecule has 0 fully saturated rings. The second-order valence-corrected chi connectivity index (χ2v) is 6.58. The molecule has 0 aliphatic heterocycles. The smallest absolute Gasteiger partial charge is 0.251 e. The molecule has 0 aliphatic rings. The molecule has 3 rings (SSSR count). The largest absolute Gasteiger partial charge is 0.497 e. The number of carbonyl (C=O) groups is 2. The summed E-state index contributed by atoms with van der Waals surface area (Å²) in [7, 11) is 1.56. The molecule has 3 aromatic rings. The normalized spacial score (nSPS) is 12.0. The molecule has 0 bridgehead atoms. The maximum atomic E-state index is 12.7. The van der Waals surface area contributed by atoms with E-state index in [1.807, 2.05) is 26.0 Å². The molecular weight excluding hydrogens is 344 g/mol. The molecule has 1 atom stereocenters. The highest BCUT2D eigenvalue weighted by molar-refractivity contribution is 6.02. The van der Waals surface area contributed by atoms with Crippen LogP contribution in [0, 0.1) is 5.92 Å². The number of nitrogens with one attached hydrogen (secondary N) is 3. The quantitative estimate of drug-likeness (QED) is 0.625. The van der Waals surface area contributed by atoms with Gasteiger partial charge in [0, 0.05) is 16.6 Å². The third-order valence-electron chi connectivity index (χ3n) is 4.30. The molecule has 0 radical (unpaired) electrons. The van der Waals surface area contributed by atoms with E-state index in [1.54, 1.807) is 43.6 Å². The number of amides is 2. The molecule has 27 heavy (non-hydrogen) atoms.